The molecule has 0 spiro atoms. The van der Waals surface area contributed by atoms with Gasteiger partial charge in [-0.05, 0) is 48.5 Å². The number of anilines is 1. The number of nitrogens with zero attached hydrogens (tertiary/aromatic N) is 1. The number of hydrogen-bond acceptors (Lipinski definition) is 3. The number of nitrogens with one attached hydrogen (secondary N) is 2. The molecule has 0 bridgehead atoms. The van der Waals surface area contributed by atoms with Crippen LogP contribution in [0.25, 0.3) is 0 Å². The lowest BCUT2D eigenvalue weighted by Gasteiger charge is -2.17. The lowest BCUT2D eigenvalue weighted by Crippen LogP contribution is -2.33. The van der Waals surface area contributed by atoms with Gasteiger partial charge in [0.2, 0.25) is 5.91 Å². The van der Waals surface area contributed by atoms with Crippen LogP contribution in [0.5, 0.6) is 0 Å². The van der Waals surface area contributed by atoms with Crippen molar-refractivity contribution >= 4 is 11.6 Å². The van der Waals surface area contributed by atoms with Gasteiger partial charge in [0.05, 0.1) is 6.54 Å². The monoisotopic (exact) mass is 287 g/mol. The van der Waals surface area contributed by atoms with Crippen LogP contribution in [0.4, 0.5) is 5.69 Å². The third kappa shape index (κ3) is 3.44. The Bertz CT molecular complexity index is 503. The Labute approximate surface area is 126 Å². The van der Waals surface area contributed by atoms with Gasteiger partial charge in [0.1, 0.15) is 0 Å². The molecule has 1 amide bonds. The third-order valence-electron chi connectivity index (χ3n) is 4.67. The Morgan fingerprint density at radius 3 is 2.71 bits per heavy atom. The van der Waals surface area contributed by atoms with Gasteiger partial charge in [-0.3, -0.25) is 9.69 Å². The van der Waals surface area contributed by atoms with Crippen molar-refractivity contribution in [3.8, 4) is 0 Å². The fraction of sp³-hybridized carbons (Fsp3) is 0.588. The first-order chi connectivity index (χ1) is 10.1. The summed E-state index contributed by atoms with van der Waals surface area (Å²) < 4.78 is 0. The number of benzene rings is 1. The SMILES string of the molecule is CC(C)c1cccc(NC(=O)CN2C[C@H]3CNC[C@H]3C2)c1. The molecule has 2 atom stereocenters. The fourth-order valence-corrected chi connectivity index (χ4v) is 3.46. The molecule has 2 aliphatic heterocycles. The van der Waals surface area contributed by atoms with E-state index in [-0.39, 0.29) is 5.91 Å². The first-order valence-corrected chi connectivity index (χ1v) is 7.94. The van der Waals surface area contributed by atoms with Gasteiger partial charge in [0, 0.05) is 18.8 Å². The molecule has 0 aliphatic carbocycles. The van der Waals surface area contributed by atoms with Crippen LogP contribution >= 0.6 is 0 Å². The molecule has 2 saturated heterocycles. The van der Waals surface area contributed by atoms with Crippen molar-refractivity contribution in [1.82, 2.24) is 10.2 Å². The highest BCUT2D eigenvalue weighted by Gasteiger charge is 2.36. The summed E-state index contributed by atoms with van der Waals surface area (Å²) in [5.41, 5.74) is 2.17. The van der Waals surface area contributed by atoms with E-state index in [1.807, 2.05) is 12.1 Å². The maximum absolute atomic E-state index is 12.2. The topological polar surface area (TPSA) is 44.4 Å². The van der Waals surface area contributed by atoms with Crippen molar-refractivity contribution in [2.75, 3.05) is 38.0 Å². The zero-order valence-electron chi connectivity index (χ0n) is 12.9. The number of carbonyl (C=O) groups excluding carboxylic acids is 1. The Morgan fingerprint density at radius 1 is 1.33 bits per heavy atom. The number of carbonyl (C=O) groups is 1. The molecule has 0 unspecified atom stereocenters. The molecule has 2 aliphatic rings. The largest absolute Gasteiger partial charge is 0.325 e. The Hall–Kier alpha value is -1.39. The average Bonchev–Trinajstić information content (AvgIpc) is 2.99. The van der Waals surface area contributed by atoms with Crippen LogP contribution in [0.15, 0.2) is 24.3 Å². The summed E-state index contributed by atoms with van der Waals surface area (Å²) >= 11 is 0. The predicted octanol–water partition coefficient (Wildman–Crippen LogP) is 1.90. The maximum Gasteiger partial charge on any atom is 0.238 e. The normalized spacial score (nSPS) is 25.3. The second kappa shape index (κ2) is 6.16. The van der Waals surface area contributed by atoms with Crippen molar-refractivity contribution in [2.24, 2.45) is 11.8 Å². The second-order valence-electron chi connectivity index (χ2n) is 6.70. The molecule has 2 N–H and O–H groups in total. The van der Waals surface area contributed by atoms with Crippen LogP contribution in [-0.4, -0.2) is 43.5 Å². The number of amides is 1. The minimum absolute atomic E-state index is 0.101. The molecule has 4 heteroatoms. The number of hydrogen-bond donors (Lipinski definition) is 2. The van der Waals surface area contributed by atoms with Crippen molar-refractivity contribution in [1.29, 1.82) is 0 Å². The van der Waals surface area contributed by atoms with Gasteiger partial charge in [0.25, 0.3) is 0 Å². The quantitative estimate of drug-likeness (QED) is 0.889. The molecule has 21 heavy (non-hydrogen) atoms. The van der Waals surface area contributed by atoms with E-state index in [1.54, 1.807) is 0 Å². The van der Waals surface area contributed by atoms with Crippen molar-refractivity contribution in [3.05, 3.63) is 29.8 Å². The zero-order chi connectivity index (χ0) is 14.8. The average molecular weight is 287 g/mol. The predicted molar refractivity (Wildman–Crippen MR) is 85.5 cm³/mol. The van der Waals surface area contributed by atoms with Gasteiger partial charge >= 0.3 is 0 Å². The summed E-state index contributed by atoms with van der Waals surface area (Å²) in [5.74, 6) is 2.06. The molecule has 0 saturated carbocycles. The highest BCUT2D eigenvalue weighted by atomic mass is 16.2. The van der Waals surface area contributed by atoms with E-state index in [1.165, 1.54) is 5.56 Å². The Balaban J connectivity index is 1.53. The highest BCUT2D eigenvalue weighted by molar-refractivity contribution is 5.92. The lowest BCUT2D eigenvalue weighted by atomic mass is 10.0. The summed E-state index contributed by atoms with van der Waals surface area (Å²) in [7, 11) is 0. The molecule has 114 valence electrons. The van der Waals surface area contributed by atoms with E-state index in [0.29, 0.717) is 12.5 Å². The van der Waals surface area contributed by atoms with Gasteiger partial charge < -0.3 is 10.6 Å². The van der Waals surface area contributed by atoms with E-state index < -0.39 is 0 Å². The summed E-state index contributed by atoms with van der Waals surface area (Å²) in [5, 5.41) is 6.46. The third-order valence-corrected chi connectivity index (χ3v) is 4.67. The molecule has 4 nitrogen and oxygen atoms in total. The minimum Gasteiger partial charge on any atom is -0.325 e. The van der Waals surface area contributed by atoms with E-state index in [4.69, 9.17) is 0 Å². The molecule has 2 heterocycles. The van der Waals surface area contributed by atoms with E-state index in [2.05, 4.69) is 41.5 Å². The summed E-state index contributed by atoms with van der Waals surface area (Å²) in [6.45, 7) is 9.17. The van der Waals surface area contributed by atoms with Gasteiger partial charge in [-0.25, -0.2) is 0 Å². The molecule has 0 aromatic heterocycles. The molecule has 2 fully saturated rings. The van der Waals surface area contributed by atoms with Crippen molar-refractivity contribution < 1.29 is 4.79 Å². The first kappa shape index (κ1) is 14.5. The van der Waals surface area contributed by atoms with Crippen molar-refractivity contribution in [2.45, 2.75) is 19.8 Å². The van der Waals surface area contributed by atoms with E-state index in [0.717, 1.165) is 43.7 Å². The molecular weight excluding hydrogens is 262 g/mol. The van der Waals surface area contributed by atoms with Crippen LogP contribution in [0.2, 0.25) is 0 Å². The van der Waals surface area contributed by atoms with Crippen molar-refractivity contribution in [3.63, 3.8) is 0 Å². The molecule has 1 aromatic carbocycles. The molecule has 1 aromatic rings. The minimum atomic E-state index is 0.101. The van der Waals surface area contributed by atoms with Crippen LogP contribution in [0.3, 0.4) is 0 Å². The standard InChI is InChI=1S/C17H25N3O/c1-12(2)13-4-3-5-16(6-13)19-17(21)11-20-9-14-7-18-8-15(14)10-20/h3-6,12,14-15,18H,7-11H2,1-2H3,(H,19,21)/t14-,15+. The lowest BCUT2D eigenvalue weighted by molar-refractivity contribution is -0.117. The summed E-state index contributed by atoms with van der Waals surface area (Å²) in [6.07, 6.45) is 0. The Kier molecular flexibility index (Phi) is 4.27. The smallest absolute Gasteiger partial charge is 0.238 e. The van der Waals surface area contributed by atoms with Crippen LogP contribution in [0, 0.1) is 11.8 Å². The van der Waals surface area contributed by atoms with Gasteiger partial charge in [-0.15, -0.1) is 0 Å². The highest BCUT2D eigenvalue weighted by Crippen LogP contribution is 2.26. The van der Waals surface area contributed by atoms with Crippen LogP contribution in [0.1, 0.15) is 25.3 Å². The molecule has 0 radical (unpaired) electrons. The van der Waals surface area contributed by atoms with Crippen LogP contribution in [-0.2, 0) is 4.79 Å². The number of fused-ring (bicyclic) bond motifs is 1. The van der Waals surface area contributed by atoms with Crippen LogP contribution < -0.4 is 10.6 Å². The maximum atomic E-state index is 12.2. The second-order valence-corrected chi connectivity index (χ2v) is 6.70. The fourth-order valence-electron chi connectivity index (χ4n) is 3.46. The summed E-state index contributed by atoms with van der Waals surface area (Å²) in [6, 6.07) is 8.16. The van der Waals surface area contributed by atoms with Gasteiger partial charge in [-0.2, -0.15) is 0 Å². The van der Waals surface area contributed by atoms with E-state index in [9.17, 15) is 4.79 Å². The summed E-state index contributed by atoms with van der Waals surface area (Å²) in [4.78, 5) is 14.5. The molecule has 3 rings (SSSR count). The number of rotatable bonds is 4. The van der Waals surface area contributed by atoms with E-state index >= 15 is 0 Å². The van der Waals surface area contributed by atoms with Gasteiger partial charge in [-0.1, -0.05) is 26.0 Å². The molecular formula is C17H25N3O. The number of likely N-dealkylation sites (tertiary alicyclic amines) is 1. The zero-order valence-corrected chi connectivity index (χ0v) is 12.9. The first-order valence-electron chi connectivity index (χ1n) is 7.94. The Morgan fingerprint density at radius 2 is 2.05 bits per heavy atom. The van der Waals surface area contributed by atoms with Gasteiger partial charge in [0.15, 0.2) is 0 Å².